The summed E-state index contributed by atoms with van der Waals surface area (Å²) >= 11 is 6.04. The van der Waals surface area contributed by atoms with Crippen LogP contribution in [0, 0.1) is 25.5 Å². The third kappa shape index (κ3) is 2.80. The van der Waals surface area contributed by atoms with E-state index in [1.807, 2.05) is 0 Å². The Bertz CT molecular complexity index is 669. The molecular formula is C15H16ClF2N3. The van der Waals surface area contributed by atoms with Gasteiger partial charge in [-0.05, 0) is 44.4 Å². The molecule has 0 atom stereocenters. The van der Waals surface area contributed by atoms with Gasteiger partial charge in [-0.15, -0.1) is 0 Å². The number of benzene rings is 1. The van der Waals surface area contributed by atoms with Gasteiger partial charge in [0.2, 0.25) is 0 Å². The zero-order valence-electron chi connectivity index (χ0n) is 11.9. The fourth-order valence-electron chi connectivity index (χ4n) is 2.31. The molecule has 1 aliphatic rings. The number of halogens is 3. The van der Waals surface area contributed by atoms with Crippen LogP contribution < -0.4 is 5.32 Å². The van der Waals surface area contributed by atoms with Gasteiger partial charge >= 0.3 is 0 Å². The third-order valence-corrected chi connectivity index (χ3v) is 4.21. The Kier molecular flexibility index (Phi) is 3.71. The molecule has 0 spiro atoms. The highest BCUT2D eigenvalue weighted by molar-refractivity contribution is 6.31. The maximum atomic E-state index is 14.3. The van der Waals surface area contributed by atoms with Gasteiger partial charge in [0.25, 0.3) is 0 Å². The predicted octanol–water partition coefficient (Wildman–Crippen LogP) is 3.67. The first-order valence-corrected chi connectivity index (χ1v) is 7.28. The second kappa shape index (κ2) is 5.39. The van der Waals surface area contributed by atoms with Gasteiger partial charge < -0.3 is 5.32 Å². The number of aromatic nitrogens is 2. The van der Waals surface area contributed by atoms with E-state index >= 15 is 0 Å². The zero-order chi connectivity index (χ0) is 15.1. The summed E-state index contributed by atoms with van der Waals surface area (Å²) in [5.74, 6) is -1.27. The van der Waals surface area contributed by atoms with Crippen molar-refractivity contribution >= 4 is 11.6 Å². The molecule has 0 bridgehead atoms. The lowest BCUT2D eigenvalue weighted by Gasteiger charge is -2.10. The van der Waals surface area contributed by atoms with Crippen molar-refractivity contribution in [2.24, 2.45) is 0 Å². The molecular weight excluding hydrogens is 296 g/mol. The van der Waals surface area contributed by atoms with Gasteiger partial charge in [-0.25, -0.2) is 13.5 Å². The Morgan fingerprint density at radius 3 is 2.38 bits per heavy atom. The fourth-order valence-corrected chi connectivity index (χ4v) is 2.43. The van der Waals surface area contributed by atoms with E-state index in [0.717, 1.165) is 12.8 Å². The summed E-state index contributed by atoms with van der Waals surface area (Å²) in [7, 11) is 0. The molecule has 6 heteroatoms. The normalized spacial score (nSPS) is 14.7. The van der Waals surface area contributed by atoms with Crippen molar-refractivity contribution in [1.82, 2.24) is 15.1 Å². The average Bonchev–Trinajstić information content (AvgIpc) is 3.21. The van der Waals surface area contributed by atoms with Crippen molar-refractivity contribution in [3.05, 3.63) is 45.7 Å². The molecule has 0 aliphatic heterocycles. The van der Waals surface area contributed by atoms with Gasteiger partial charge in [-0.1, -0.05) is 11.6 Å². The Morgan fingerprint density at radius 1 is 1.29 bits per heavy atom. The second-order valence-electron chi connectivity index (χ2n) is 5.46. The van der Waals surface area contributed by atoms with Gasteiger partial charge in [0.15, 0.2) is 11.6 Å². The van der Waals surface area contributed by atoms with Crippen molar-refractivity contribution in [2.75, 3.05) is 0 Å². The minimum absolute atomic E-state index is 0.183. The van der Waals surface area contributed by atoms with Crippen molar-refractivity contribution in [1.29, 1.82) is 0 Å². The van der Waals surface area contributed by atoms with Gasteiger partial charge in [0.1, 0.15) is 5.69 Å². The van der Waals surface area contributed by atoms with Crippen molar-refractivity contribution in [3.63, 3.8) is 0 Å². The molecule has 1 aromatic carbocycles. The number of hydrogen-bond acceptors (Lipinski definition) is 2. The molecule has 0 saturated heterocycles. The Morgan fingerprint density at radius 2 is 1.90 bits per heavy atom. The van der Waals surface area contributed by atoms with Crippen LogP contribution in [0.4, 0.5) is 8.78 Å². The van der Waals surface area contributed by atoms with E-state index in [1.54, 1.807) is 13.8 Å². The summed E-state index contributed by atoms with van der Waals surface area (Å²) in [6, 6.07) is 3.18. The molecule has 1 saturated carbocycles. The Hall–Kier alpha value is -1.46. The van der Waals surface area contributed by atoms with Crippen molar-refractivity contribution in [3.8, 4) is 5.69 Å². The van der Waals surface area contributed by atoms with E-state index in [0.29, 0.717) is 34.6 Å². The molecule has 112 valence electrons. The number of nitrogens with zero attached hydrogens (tertiary/aromatic N) is 2. The number of nitrogens with one attached hydrogen (secondary N) is 1. The van der Waals surface area contributed by atoms with Crippen molar-refractivity contribution < 1.29 is 8.78 Å². The van der Waals surface area contributed by atoms with Crippen LogP contribution in [0.15, 0.2) is 12.1 Å². The summed E-state index contributed by atoms with van der Waals surface area (Å²) in [5, 5.41) is 7.76. The molecule has 0 radical (unpaired) electrons. The highest BCUT2D eigenvalue weighted by Gasteiger charge is 2.22. The topological polar surface area (TPSA) is 29.9 Å². The van der Waals surface area contributed by atoms with E-state index in [9.17, 15) is 8.78 Å². The minimum atomic E-state index is -0.634. The van der Waals surface area contributed by atoms with Gasteiger partial charge in [0.05, 0.1) is 16.4 Å². The van der Waals surface area contributed by atoms with E-state index in [2.05, 4.69) is 10.4 Å². The van der Waals surface area contributed by atoms with Crippen LogP contribution in [-0.4, -0.2) is 15.8 Å². The van der Waals surface area contributed by atoms with E-state index in [1.165, 1.54) is 16.8 Å². The third-order valence-electron chi connectivity index (χ3n) is 3.66. The van der Waals surface area contributed by atoms with Crippen LogP contribution in [0.1, 0.15) is 29.8 Å². The molecule has 1 aliphatic carbocycles. The SMILES string of the molecule is Cc1nn(-c2c(F)cc(CNC3CC3)cc2F)c(C)c1Cl. The van der Waals surface area contributed by atoms with Gasteiger partial charge in [0, 0.05) is 12.6 Å². The smallest absolute Gasteiger partial charge is 0.152 e. The van der Waals surface area contributed by atoms with Crippen LogP contribution in [0.25, 0.3) is 5.69 Å². The minimum Gasteiger partial charge on any atom is -0.310 e. The van der Waals surface area contributed by atoms with Gasteiger partial charge in [-0.2, -0.15) is 5.10 Å². The van der Waals surface area contributed by atoms with Crippen molar-refractivity contribution in [2.45, 2.75) is 39.3 Å². The van der Waals surface area contributed by atoms with Gasteiger partial charge in [-0.3, -0.25) is 0 Å². The summed E-state index contributed by atoms with van der Waals surface area (Å²) < 4.78 is 29.8. The van der Waals surface area contributed by atoms with Crippen LogP contribution >= 0.6 is 11.6 Å². The summed E-state index contributed by atoms with van der Waals surface area (Å²) in [5.41, 5.74) is 1.48. The highest BCUT2D eigenvalue weighted by Crippen LogP contribution is 2.27. The van der Waals surface area contributed by atoms with Crippen LogP contribution in [0.5, 0.6) is 0 Å². The van der Waals surface area contributed by atoms with Crippen LogP contribution in [0.3, 0.4) is 0 Å². The largest absolute Gasteiger partial charge is 0.310 e. The first-order valence-electron chi connectivity index (χ1n) is 6.90. The summed E-state index contributed by atoms with van der Waals surface area (Å²) in [6.45, 7) is 3.86. The quantitative estimate of drug-likeness (QED) is 0.933. The number of aryl methyl sites for hydroxylation is 1. The summed E-state index contributed by atoms with van der Waals surface area (Å²) in [6.07, 6.45) is 2.26. The predicted molar refractivity (Wildman–Crippen MR) is 77.8 cm³/mol. The van der Waals surface area contributed by atoms with E-state index < -0.39 is 11.6 Å². The summed E-state index contributed by atoms with van der Waals surface area (Å²) in [4.78, 5) is 0. The monoisotopic (exact) mass is 311 g/mol. The maximum absolute atomic E-state index is 14.3. The number of rotatable bonds is 4. The molecule has 21 heavy (non-hydrogen) atoms. The molecule has 1 fully saturated rings. The lowest BCUT2D eigenvalue weighted by molar-refractivity contribution is 0.550. The molecule has 0 unspecified atom stereocenters. The zero-order valence-corrected chi connectivity index (χ0v) is 12.6. The molecule has 1 heterocycles. The Labute approximate surface area is 126 Å². The van der Waals surface area contributed by atoms with E-state index in [4.69, 9.17) is 11.6 Å². The fraction of sp³-hybridized carbons (Fsp3) is 0.400. The lowest BCUT2D eigenvalue weighted by atomic mass is 10.1. The highest BCUT2D eigenvalue weighted by atomic mass is 35.5. The average molecular weight is 312 g/mol. The standard InChI is InChI=1S/C15H16ClF2N3/c1-8-14(16)9(2)21(20-8)15-12(17)5-10(6-13(15)18)7-19-11-3-4-11/h5-6,11,19H,3-4,7H2,1-2H3. The lowest BCUT2D eigenvalue weighted by Crippen LogP contribution is -2.16. The number of hydrogen-bond donors (Lipinski definition) is 1. The molecule has 2 aromatic rings. The Balaban J connectivity index is 1.96. The molecule has 3 nitrogen and oxygen atoms in total. The van der Waals surface area contributed by atoms with Crippen LogP contribution in [-0.2, 0) is 6.54 Å². The first kappa shape index (κ1) is 14.5. The second-order valence-corrected chi connectivity index (χ2v) is 5.84. The molecule has 1 aromatic heterocycles. The van der Waals surface area contributed by atoms with Crippen LogP contribution in [0.2, 0.25) is 5.02 Å². The molecule has 0 amide bonds. The molecule has 3 rings (SSSR count). The maximum Gasteiger partial charge on any atom is 0.152 e. The molecule has 1 N–H and O–H groups in total. The first-order chi connectivity index (χ1) is 9.97. The van der Waals surface area contributed by atoms with E-state index in [-0.39, 0.29) is 5.69 Å².